The zero-order valence-electron chi connectivity index (χ0n) is 11.3. The number of Topliss-reactive ketones (excluding diaryl/α,β-unsaturated/α-hetero) is 1. The Morgan fingerprint density at radius 2 is 2.28 bits per heavy atom. The molecule has 0 radical (unpaired) electrons. The summed E-state index contributed by atoms with van der Waals surface area (Å²) in [5.74, 6) is 2.19. The van der Waals surface area contributed by atoms with Crippen molar-refractivity contribution < 1.29 is 14.3 Å². The number of rotatable bonds is 6. The predicted octanol–water partition coefficient (Wildman–Crippen LogP) is 2.41. The Morgan fingerprint density at radius 1 is 1.50 bits per heavy atom. The molecule has 3 heteroatoms. The fourth-order valence-electron chi connectivity index (χ4n) is 5.02. The van der Waals surface area contributed by atoms with Crippen LogP contribution in [0.3, 0.4) is 0 Å². The van der Waals surface area contributed by atoms with Gasteiger partial charge in [-0.2, -0.15) is 0 Å². The third-order valence-corrected chi connectivity index (χ3v) is 5.72. The Hall–Kier alpha value is -0.670. The predicted molar refractivity (Wildman–Crippen MR) is 67.9 cm³/mol. The number of carbonyl (C=O) groups is 1. The van der Waals surface area contributed by atoms with Crippen molar-refractivity contribution in [1.29, 1.82) is 0 Å². The van der Waals surface area contributed by atoms with E-state index < -0.39 is 0 Å². The lowest BCUT2D eigenvalue weighted by Crippen LogP contribution is -2.31. The number of allylic oxidation sites excluding steroid dienone is 1. The first-order chi connectivity index (χ1) is 8.64. The molecule has 0 heterocycles. The molecule has 0 N–H and O–H groups in total. The molecule has 4 bridgehead atoms. The summed E-state index contributed by atoms with van der Waals surface area (Å²) in [5, 5.41) is 0. The van der Waals surface area contributed by atoms with E-state index >= 15 is 0 Å². The van der Waals surface area contributed by atoms with Crippen molar-refractivity contribution in [2.75, 3.05) is 20.5 Å². The monoisotopic (exact) mass is 250 g/mol. The second kappa shape index (κ2) is 4.17. The summed E-state index contributed by atoms with van der Waals surface area (Å²) in [6.07, 6.45) is 3.17. The molecule has 18 heavy (non-hydrogen) atoms. The van der Waals surface area contributed by atoms with Crippen molar-refractivity contribution in [3.63, 3.8) is 0 Å². The minimum absolute atomic E-state index is 0.114. The summed E-state index contributed by atoms with van der Waals surface area (Å²) in [5.41, 5.74) is 1.36. The van der Waals surface area contributed by atoms with Crippen LogP contribution in [-0.2, 0) is 14.3 Å². The van der Waals surface area contributed by atoms with Gasteiger partial charge in [-0.25, -0.2) is 0 Å². The van der Waals surface area contributed by atoms with Crippen LogP contribution in [0.15, 0.2) is 12.2 Å². The van der Waals surface area contributed by atoms with Gasteiger partial charge < -0.3 is 9.47 Å². The average Bonchev–Trinajstić information content (AvgIpc) is 2.95. The molecule has 4 rings (SSSR count). The van der Waals surface area contributed by atoms with Gasteiger partial charge in [-0.3, -0.25) is 4.79 Å². The molecule has 3 unspecified atom stereocenters. The van der Waals surface area contributed by atoms with Gasteiger partial charge in [-0.15, -0.1) is 0 Å². The highest BCUT2D eigenvalue weighted by Gasteiger charge is 2.73. The Bertz CT molecular complexity index is 389. The van der Waals surface area contributed by atoms with Crippen LogP contribution in [0, 0.1) is 29.1 Å². The summed E-state index contributed by atoms with van der Waals surface area (Å²) in [4.78, 5) is 12.2. The third-order valence-electron chi connectivity index (χ3n) is 5.72. The van der Waals surface area contributed by atoms with Gasteiger partial charge in [0.2, 0.25) is 0 Å². The number of ether oxygens (including phenoxy) is 2. The summed E-state index contributed by atoms with van der Waals surface area (Å²) in [6, 6.07) is 0. The van der Waals surface area contributed by atoms with E-state index in [4.69, 9.17) is 9.47 Å². The zero-order valence-corrected chi connectivity index (χ0v) is 11.3. The maximum Gasteiger partial charge on any atom is 0.146 e. The smallest absolute Gasteiger partial charge is 0.146 e. The maximum atomic E-state index is 12.2. The van der Waals surface area contributed by atoms with E-state index in [-0.39, 0.29) is 17.3 Å². The number of carbonyl (C=O) groups excluding carboxylic acids is 1. The molecule has 0 amide bonds. The van der Waals surface area contributed by atoms with E-state index in [2.05, 4.69) is 13.5 Å². The summed E-state index contributed by atoms with van der Waals surface area (Å²) < 4.78 is 10.2. The number of hydrogen-bond donors (Lipinski definition) is 0. The molecule has 4 fully saturated rings. The molecule has 100 valence electrons. The molecule has 4 aliphatic rings. The SMILES string of the molecule is C=C1[C@H]2C(=O)[C@H]3CC2C(C)C13CCCOCOC. The average molecular weight is 250 g/mol. The van der Waals surface area contributed by atoms with Crippen LogP contribution in [-0.4, -0.2) is 26.3 Å². The second-order valence-electron chi connectivity index (χ2n) is 6.10. The quantitative estimate of drug-likeness (QED) is 0.412. The van der Waals surface area contributed by atoms with E-state index in [1.165, 1.54) is 5.57 Å². The maximum absolute atomic E-state index is 12.2. The first kappa shape index (κ1) is 12.4. The highest BCUT2D eigenvalue weighted by atomic mass is 16.7. The van der Waals surface area contributed by atoms with E-state index in [9.17, 15) is 4.79 Å². The van der Waals surface area contributed by atoms with E-state index in [0.717, 1.165) is 19.3 Å². The van der Waals surface area contributed by atoms with Gasteiger partial charge in [0, 0.05) is 31.0 Å². The zero-order chi connectivity index (χ0) is 12.9. The van der Waals surface area contributed by atoms with Crippen LogP contribution >= 0.6 is 0 Å². The Labute approximate surface area is 109 Å². The van der Waals surface area contributed by atoms with Crippen LogP contribution < -0.4 is 0 Å². The van der Waals surface area contributed by atoms with Gasteiger partial charge in [0.05, 0.1) is 0 Å². The lowest BCUT2D eigenvalue weighted by atomic mass is 9.70. The Kier molecular flexibility index (Phi) is 2.87. The molecule has 0 spiro atoms. The van der Waals surface area contributed by atoms with Gasteiger partial charge in [-0.1, -0.05) is 19.1 Å². The topological polar surface area (TPSA) is 35.5 Å². The highest BCUT2D eigenvalue weighted by molar-refractivity contribution is 5.95. The number of methoxy groups -OCH3 is 1. The molecule has 0 saturated heterocycles. The van der Waals surface area contributed by atoms with Gasteiger partial charge >= 0.3 is 0 Å². The normalized spacial score (nSPS) is 44.6. The minimum Gasteiger partial charge on any atom is -0.359 e. The Balaban J connectivity index is 1.67. The third kappa shape index (κ3) is 1.29. The van der Waals surface area contributed by atoms with Gasteiger partial charge in [0.1, 0.15) is 12.6 Å². The molecule has 0 aliphatic heterocycles. The van der Waals surface area contributed by atoms with Crippen LogP contribution in [0.5, 0.6) is 0 Å². The fourth-order valence-corrected chi connectivity index (χ4v) is 5.02. The van der Waals surface area contributed by atoms with Crippen molar-refractivity contribution in [2.45, 2.75) is 26.2 Å². The Morgan fingerprint density at radius 3 is 2.89 bits per heavy atom. The molecular formula is C15H22O3. The largest absolute Gasteiger partial charge is 0.359 e. The molecule has 4 aliphatic carbocycles. The van der Waals surface area contributed by atoms with Gasteiger partial charge in [-0.05, 0) is 31.1 Å². The van der Waals surface area contributed by atoms with E-state index in [1.807, 2.05) is 0 Å². The summed E-state index contributed by atoms with van der Waals surface area (Å²) in [7, 11) is 1.63. The standard InChI is InChI=1S/C15H22O3/c1-9-11-7-12-14(16)13(11)10(2)15(9,12)5-4-6-18-8-17-3/h9,11-13H,2,4-8H2,1,3H3/t9?,11?,12-,13-,15?/m1/s1. The minimum atomic E-state index is 0.114. The van der Waals surface area contributed by atoms with Crippen molar-refractivity contribution in [2.24, 2.45) is 29.1 Å². The molecule has 0 aromatic rings. The van der Waals surface area contributed by atoms with Crippen LogP contribution in [0.1, 0.15) is 26.2 Å². The molecule has 0 aromatic heterocycles. The first-order valence-corrected chi connectivity index (χ1v) is 6.94. The van der Waals surface area contributed by atoms with E-state index in [0.29, 0.717) is 31.0 Å². The van der Waals surface area contributed by atoms with Crippen molar-refractivity contribution >= 4 is 5.78 Å². The molecule has 3 nitrogen and oxygen atoms in total. The summed E-state index contributed by atoms with van der Waals surface area (Å²) >= 11 is 0. The number of ketones is 1. The molecular weight excluding hydrogens is 228 g/mol. The molecule has 4 saturated carbocycles. The van der Waals surface area contributed by atoms with Crippen LogP contribution in [0.4, 0.5) is 0 Å². The fraction of sp³-hybridized carbons (Fsp3) is 0.800. The van der Waals surface area contributed by atoms with E-state index in [1.54, 1.807) is 7.11 Å². The van der Waals surface area contributed by atoms with Crippen LogP contribution in [0.25, 0.3) is 0 Å². The van der Waals surface area contributed by atoms with Crippen molar-refractivity contribution in [3.8, 4) is 0 Å². The van der Waals surface area contributed by atoms with Gasteiger partial charge in [0.25, 0.3) is 0 Å². The lowest BCUT2D eigenvalue weighted by Gasteiger charge is -2.33. The van der Waals surface area contributed by atoms with Gasteiger partial charge in [0.15, 0.2) is 0 Å². The lowest BCUT2D eigenvalue weighted by molar-refractivity contribution is -0.125. The number of hydrogen-bond acceptors (Lipinski definition) is 3. The van der Waals surface area contributed by atoms with Crippen molar-refractivity contribution in [1.82, 2.24) is 0 Å². The summed E-state index contributed by atoms with van der Waals surface area (Å²) in [6.45, 7) is 7.65. The molecule has 0 aromatic carbocycles. The van der Waals surface area contributed by atoms with Crippen molar-refractivity contribution in [3.05, 3.63) is 12.2 Å². The highest BCUT2D eigenvalue weighted by Crippen LogP contribution is 2.74. The first-order valence-electron chi connectivity index (χ1n) is 6.94. The molecule has 5 atom stereocenters. The van der Waals surface area contributed by atoms with Crippen LogP contribution in [0.2, 0.25) is 0 Å². The second-order valence-corrected chi connectivity index (χ2v) is 6.10.